The van der Waals surface area contributed by atoms with E-state index in [4.69, 9.17) is 28.9 Å². The SMILES string of the molecule is Nc1ccccc1CCC(=O)NCCNc1ncc(Cl)cc1Cl. The minimum absolute atomic E-state index is 0.0229. The molecule has 7 heteroatoms. The number of carbonyl (C=O) groups is 1. The van der Waals surface area contributed by atoms with Crippen molar-refractivity contribution in [2.45, 2.75) is 12.8 Å². The maximum atomic E-state index is 11.8. The molecule has 0 bridgehead atoms. The van der Waals surface area contributed by atoms with Crippen LogP contribution in [0, 0.1) is 0 Å². The Morgan fingerprint density at radius 2 is 2.00 bits per heavy atom. The summed E-state index contributed by atoms with van der Waals surface area (Å²) in [6.45, 7) is 0.997. The zero-order valence-electron chi connectivity index (χ0n) is 12.5. The monoisotopic (exact) mass is 352 g/mol. The normalized spacial score (nSPS) is 10.3. The number of benzene rings is 1. The number of nitrogens with two attached hydrogens (primary N) is 1. The van der Waals surface area contributed by atoms with Crippen molar-refractivity contribution >= 4 is 40.6 Å². The molecular weight excluding hydrogens is 335 g/mol. The third-order valence-electron chi connectivity index (χ3n) is 3.22. The molecule has 0 spiro atoms. The lowest BCUT2D eigenvalue weighted by Gasteiger charge is -2.09. The zero-order valence-corrected chi connectivity index (χ0v) is 14.0. The Balaban J connectivity index is 1.68. The summed E-state index contributed by atoms with van der Waals surface area (Å²) in [6, 6.07) is 9.16. The largest absolute Gasteiger partial charge is 0.399 e. The van der Waals surface area contributed by atoms with Gasteiger partial charge < -0.3 is 16.4 Å². The van der Waals surface area contributed by atoms with E-state index in [-0.39, 0.29) is 5.91 Å². The van der Waals surface area contributed by atoms with Gasteiger partial charge in [0.15, 0.2) is 0 Å². The van der Waals surface area contributed by atoms with Gasteiger partial charge in [-0.25, -0.2) is 4.98 Å². The molecule has 23 heavy (non-hydrogen) atoms. The van der Waals surface area contributed by atoms with Gasteiger partial charge in [0.05, 0.1) is 10.0 Å². The van der Waals surface area contributed by atoms with Crippen molar-refractivity contribution in [1.29, 1.82) is 0 Å². The van der Waals surface area contributed by atoms with E-state index in [2.05, 4.69) is 15.6 Å². The Morgan fingerprint density at radius 3 is 2.74 bits per heavy atom. The molecule has 2 rings (SSSR count). The molecule has 122 valence electrons. The lowest BCUT2D eigenvalue weighted by Crippen LogP contribution is -2.29. The number of aromatic nitrogens is 1. The van der Waals surface area contributed by atoms with Gasteiger partial charge in [-0.05, 0) is 24.1 Å². The highest BCUT2D eigenvalue weighted by Crippen LogP contribution is 2.22. The van der Waals surface area contributed by atoms with Crippen LogP contribution < -0.4 is 16.4 Å². The van der Waals surface area contributed by atoms with E-state index >= 15 is 0 Å². The summed E-state index contributed by atoms with van der Waals surface area (Å²) in [5, 5.41) is 6.80. The van der Waals surface area contributed by atoms with Gasteiger partial charge in [-0.2, -0.15) is 0 Å². The molecule has 0 saturated heterocycles. The summed E-state index contributed by atoms with van der Waals surface area (Å²) in [6.07, 6.45) is 2.53. The molecule has 0 fully saturated rings. The van der Waals surface area contributed by atoms with Crippen LogP contribution in [0.3, 0.4) is 0 Å². The summed E-state index contributed by atoms with van der Waals surface area (Å²) < 4.78 is 0. The average molecular weight is 353 g/mol. The van der Waals surface area contributed by atoms with E-state index in [1.165, 1.54) is 6.20 Å². The number of amides is 1. The first-order valence-electron chi connectivity index (χ1n) is 7.21. The van der Waals surface area contributed by atoms with Gasteiger partial charge in [-0.1, -0.05) is 41.4 Å². The van der Waals surface area contributed by atoms with Crippen molar-refractivity contribution in [2.24, 2.45) is 0 Å². The number of hydrogen-bond donors (Lipinski definition) is 3. The molecular formula is C16H18Cl2N4O. The molecule has 0 atom stereocenters. The minimum atomic E-state index is -0.0229. The molecule has 1 aromatic carbocycles. The summed E-state index contributed by atoms with van der Waals surface area (Å²) in [5.74, 6) is 0.521. The number of para-hydroxylation sites is 1. The number of aryl methyl sites for hydroxylation is 1. The van der Waals surface area contributed by atoms with Gasteiger partial charge in [0.2, 0.25) is 5.91 Å². The standard InChI is InChI=1S/C16H18Cl2N4O/c17-12-9-13(18)16(22-10-12)21-8-7-20-15(23)6-5-11-3-1-2-4-14(11)19/h1-4,9-10H,5-8,19H2,(H,20,23)(H,21,22). The maximum absolute atomic E-state index is 11.8. The number of nitrogen functional groups attached to an aromatic ring is 1. The first-order chi connectivity index (χ1) is 11.1. The Bertz CT molecular complexity index is 679. The molecule has 1 amide bonds. The summed E-state index contributed by atoms with van der Waals surface area (Å²) in [5.41, 5.74) is 7.54. The van der Waals surface area contributed by atoms with Crippen LogP contribution in [0.2, 0.25) is 10.0 Å². The van der Waals surface area contributed by atoms with Crippen molar-refractivity contribution in [3.8, 4) is 0 Å². The predicted molar refractivity (Wildman–Crippen MR) is 94.9 cm³/mol. The average Bonchev–Trinajstić information content (AvgIpc) is 2.52. The van der Waals surface area contributed by atoms with E-state index in [0.717, 1.165) is 5.56 Å². The second-order valence-corrected chi connectivity index (χ2v) is 5.80. The van der Waals surface area contributed by atoms with Gasteiger partial charge in [0.25, 0.3) is 0 Å². The van der Waals surface area contributed by atoms with Crippen LogP contribution in [-0.2, 0) is 11.2 Å². The third-order valence-corrected chi connectivity index (χ3v) is 3.72. The molecule has 0 aliphatic carbocycles. The van der Waals surface area contributed by atoms with Gasteiger partial charge in [0.1, 0.15) is 5.82 Å². The smallest absolute Gasteiger partial charge is 0.220 e. The third kappa shape index (κ3) is 5.62. The van der Waals surface area contributed by atoms with Gasteiger partial charge in [0, 0.05) is 31.4 Å². The van der Waals surface area contributed by atoms with Crippen LogP contribution in [0.1, 0.15) is 12.0 Å². The Hall–Kier alpha value is -1.98. The van der Waals surface area contributed by atoms with Crippen molar-refractivity contribution in [2.75, 3.05) is 24.1 Å². The van der Waals surface area contributed by atoms with Gasteiger partial charge >= 0.3 is 0 Å². The number of anilines is 2. The van der Waals surface area contributed by atoms with E-state index in [1.54, 1.807) is 6.07 Å². The molecule has 5 nitrogen and oxygen atoms in total. The fraction of sp³-hybridized carbons (Fsp3) is 0.250. The van der Waals surface area contributed by atoms with Crippen LogP contribution in [-0.4, -0.2) is 24.0 Å². The number of halogens is 2. The van der Waals surface area contributed by atoms with E-state index in [9.17, 15) is 4.79 Å². The van der Waals surface area contributed by atoms with Crippen LogP contribution in [0.25, 0.3) is 0 Å². The molecule has 1 aromatic heterocycles. The molecule has 2 aromatic rings. The van der Waals surface area contributed by atoms with Crippen LogP contribution in [0.4, 0.5) is 11.5 Å². The molecule has 0 aliphatic rings. The highest BCUT2D eigenvalue weighted by molar-refractivity contribution is 6.35. The summed E-state index contributed by atoms with van der Waals surface area (Å²) in [4.78, 5) is 15.9. The number of nitrogens with zero attached hydrogens (tertiary/aromatic N) is 1. The highest BCUT2D eigenvalue weighted by Gasteiger charge is 2.05. The minimum Gasteiger partial charge on any atom is -0.399 e. The topological polar surface area (TPSA) is 80.0 Å². The molecule has 0 unspecified atom stereocenters. The van der Waals surface area contributed by atoms with E-state index in [1.807, 2.05) is 24.3 Å². The molecule has 1 heterocycles. The van der Waals surface area contributed by atoms with Gasteiger partial charge in [-0.15, -0.1) is 0 Å². The quantitative estimate of drug-likeness (QED) is 0.528. The van der Waals surface area contributed by atoms with Crippen molar-refractivity contribution in [3.63, 3.8) is 0 Å². The van der Waals surface area contributed by atoms with Crippen LogP contribution in [0.15, 0.2) is 36.5 Å². The number of pyridine rings is 1. The number of rotatable bonds is 7. The van der Waals surface area contributed by atoms with E-state index in [0.29, 0.717) is 47.5 Å². The number of hydrogen-bond acceptors (Lipinski definition) is 4. The van der Waals surface area contributed by atoms with Crippen molar-refractivity contribution in [3.05, 3.63) is 52.1 Å². The Morgan fingerprint density at radius 1 is 1.22 bits per heavy atom. The second-order valence-electron chi connectivity index (χ2n) is 4.96. The van der Waals surface area contributed by atoms with Crippen molar-refractivity contribution in [1.82, 2.24) is 10.3 Å². The number of nitrogens with one attached hydrogen (secondary N) is 2. The van der Waals surface area contributed by atoms with Crippen molar-refractivity contribution < 1.29 is 4.79 Å². The van der Waals surface area contributed by atoms with E-state index < -0.39 is 0 Å². The lowest BCUT2D eigenvalue weighted by molar-refractivity contribution is -0.120. The fourth-order valence-electron chi connectivity index (χ4n) is 2.03. The molecule has 0 radical (unpaired) electrons. The zero-order chi connectivity index (χ0) is 16.7. The number of carbonyl (C=O) groups excluding carboxylic acids is 1. The molecule has 0 aliphatic heterocycles. The first kappa shape index (κ1) is 17.4. The lowest BCUT2D eigenvalue weighted by atomic mass is 10.1. The maximum Gasteiger partial charge on any atom is 0.220 e. The molecule has 0 saturated carbocycles. The second kappa shape index (κ2) is 8.60. The Labute approximate surface area is 145 Å². The van der Waals surface area contributed by atoms with Crippen LogP contribution >= 0.6 is 23.2 Å². The van der Waals surface area contributed by atoms with Gasteiger partial charge in [-0.3, -0.25) is 4.79 Å². The fourth-order valence-corrected chi connectivity index (χ4v) is 2.47. The summed E-state index contributed by atoms with van der Waals surface area (Å²) in [7, 11) is 0. The molecule has 4 N–H and O–H groups in total. The predicted octanol–water partition coefficient (Wildman–Crippen LogP) is 3.13. The highest BCUT2D eigenvalue weighted by atomic mass is 35.5. The Kier molecular flexibility index (Phi) is 6.50. The summed E-state index contributed by atoms with van der Waals surface area (Å²) >= 11 is 11.8. The van der Waals surface area contributed by atoms with Crippen LogP contribution in [0.5, 0.6) is 0 Å². The first-order valence-corrected chi connectivity index (χ1v) is 7.97.